The number of aldehydes is 1. The summed E-state index contributed by atoms with van der Waals surface area (Å²) in [5, 5.41) is 18.3. The Labute approximate surface area is 90.7 Å². The van der Waals surface area contributed by atoms with Crippen LogP contribution < -0.4 is 0 Å². The minimum Gasteiger partial charge on any atom is -0.303 e. The van der Waals surface area contributed by atoms with E-state index in [9.17, 15) is 4.79 Å². The third-order valence-electron chi connectivity index (χ3n) is 3.98. The predicted octanol–water partition coefficient (Wildman–Crippen LogP) is 2.15. The zero-order valence-corrected chi connectivity index (χ0v) is 9.61. The Balaban J connectivity index is 3.32. The maximum atomic E-state index is 11.0. The SMILES string of the molecule is CC(C)C1(C(C)C)C(C=O)C1(C#N)C#N. The van der Waals surface area contributed by atoms with Crippen LogP contribution in [0.3, 0.4) is 0 Å². The predicted molar refractivity (Wildman–Crippen MR) is 55.3 cm³/mol. The number of rotatable bonds is 3. The fourth-order valence-corrected chi connectivity index (χ4v) is 3.42. The molecule has 0 radical (unpaired) electrons. The van der Waals surface area contributed by atoms with E-state index < -0.39 is 16.7 Å². The summed E-state index contributed by atoms with van der Waals surface area (Å²) in [5.74, 6) is -0.112. The molecule has 1 unspecified atom stereocenters. The molecule has 80 valence electrons. The van der Waals surface area contributed by atoms with Crippen LogP contribution in [0, 0.1) is 51.2 Å². The van der Waals surface area contributed by atoms with Crippen molar-refractivity contribution in [1.29, 1.82) is 10.5 Å². The van der Waals surface area contributed by atoms with Crippen molar-refractivity contribution in [3.05, 3.63) is 0 Å². The van der Waals surface area contributed by atoms with E-state index in [1.165, 1.54) is 0 Å². The van der Waals surface area contributed by atoms with Crippen molar-refractivity contribution in [1.82, 2.24) is 0 Å². The average molecular weight is 204 g/mol. The summed E-state index contributed by atoms with van der Waals surface area (Å²) < 4.78 is 0. The van der Waals surface area contributed by atoms with E-state index in [0.29, 0.717) is 0 Å². The van der Waals surface area contributed by atoms with Gasteiger partial charge in [0, 0.05) is 5.41 Å². The van der Waals surface area contributed by atoms with E-state index in [4.69, 9.17) is 10.5 Å². The van der Waals surface area contributed by atoms with E-state index >= 15 is 0 Å². The van der Waals surface area contributed by atoms with Crippen LogP contribution in [0.1, 0.15) is 27.7 Å². The topological polar surface area (TPSA) is 64.7 Å². The van der Waals surface area contributed by atoms with E-state index in [0.717, 1.165) is 6.29 Å². The first-order valence-corrected chi connectivity index (χ1v) is 5.23. The van der Waals surface area contributed by atoms with Gasteiger partial charge in [-0.3, -0.25) is 0 Å². The highest BCUT2D eigenvalue weighted by molar-refractivity contribution is 5.69. The Bertz CT molecular complexity index is 335. The Morgan fingerprint density at radius 2 is 1.53 bits per heavy atom. The van der Waals surface area contributed by atoms with Gasteiger partial charge in [0.15, 0.2) is 5.41 Å². The van der Waals surface area contributed by atoms with Gasteiger partial charge in [0.1, 0.15) is 6.29 Å². The molecule has 1 atom stereocenters. The number of nitriles is 2. The van der Waals surface area contributed by atoms with Gasteiger partial charge >= 0.3 is 0 Å². The molecule has 0 aromatic heterocycles. The molecule has 0 saturated heterocycles. The van der Waals surface area contributed by atoms with E-state index in [1.807, 2.05) is 27.7 Å². The first-order valence-electron chi connectivity index (χ1n) is 5.23. The van der Waals surface area contributed by atoms with Gasteiger partial charge in [-0.05, 0) is 11.8 Å². The molecule has 1 fully saturated rings. The maximum Gasteiger partial charge on any atom is 0.160 e. The zero-order chi connectivity index (χ0) is 11.9. The lowest BCUT2D eigenvalue weighted by atomic mass is 9.75. The highest BCUT2D eigenvalue weighted by atomic mass is 16.1. The largest absolute Gasteiger partial charge is 0.303 e. The summed E-state index contributed by atoms with van der Waals surface area (Å²) in [7, 11) is 0. The molecule has 0 amide bonds. The van der Waals surface area contributed by atoms with Gasteiger partial charge in [0.2, 0.25) is 0 Å². The van der Waals surface area contributed by atoms with Crippen molar-refractivity contribution in [2.75, 3.05) is 0 Å². The highest BCUT2D eigenvalue weighted by Gasteiger charge is 2.80. The standard InChI is InChI=1S/C12H16N2O/c1-8(2)12(9(3)4)10(5-15)11(12,6-13)7-14/h5,8-10H,1-4H3. The molecule has 1 rings (SSSR count). The van der Waals surface area contributed by atoms with Crippen LogP contribution in [0.5, 0.6) is 0 Å². The second-order valence-electron chi connectivity index (χ2n) is 4.89. The Morgan fingerprint density at radius 1 is 1.13 bits per heavy atom. The number of carbonyl (C=O) groups excluding carboxylic acids is 1. The minimum atomic E-state index is -1.10. The molecule has 0 aliphatic heterocycles. The van der Waals surface area contributed by atoms with Gasteiger partial charge in [0.05, 0.1) is 18.1 Å². The van der Waals surface area contributed by atoms with Crippen LogP contribution in [-0.2, 0) is 4.79 Å². The lowest BCUT2D eigenvalue weighted by Crippen LogP contribution is -2.25. The molecule has 3 heteroatoms. The molecule has 0 N–H and O–H groups in total. The minimum absolute atomic E-state index is 0.159. The summed E-state index contributed by atoms with van der Waals surface area (Å²) in [6.45, 7) is 7.92. The quantitative estimate of drug-likeness (QED) is 0.661. The zero-order valence-electron chi connectivity index (χ0n) is 9.61. The third kappa shape index (κ3) is 1.01. The lowest BCUT2D eigenvalue weighted by Gasteiger charge is -2.26. The normalized spacial score (nSPS) is 25.7. The molecule has 15 heavy (non-hydrogen) atoms. The molecule has 1 aliphatic rings. The van der Waals surface area contributed by atoms with Crippen molar-refractivity contribution in [2.24, 2.45) is 28.6 Å². The van der Waals surface area contributed by atoms with Crippen LogP contribution in [0.4, 0.5) is 0 Å². The van der Waals surface area contributed by atoms with Crippen LogP contribution in [0.25, 0.3) is 0 Å². The molecular formula is C12H16N2O. The molecule has 0 aromatic carbocycles. The number of hydrogen-bond acceptors (Lipinski definition) is 3. The van der Waals surface area contributed by atoms with Crippen molar-refractivity contribution >= 4 is 6.29 Å². The van der Waals surface area contributed by atoms with Gasteiger partial charge < -0.3 is 4.79 Å². The summed E-state index contributed by atoms with van der Waals surface area (Å²) in [6.07, 6.45) is 0.784. The first kappa shape index (κ1) is 11.7. The Kier molecular flexibility index (Phi) is 2.62. The van der Waals surface area contributed by atoms with E-state index in [2.05, 4.69) is 12.1 Å². The maximum absolute atomic E-state index is 11.0. The van der Waals surface area contributed by atoms with Gasteiger partial charge in [-0.25, -0.2) is 0 Å². The van der Waals surface area contributed by atoms with Crippen molar-refractivity contribution in [3.63, 3.8) is 0 Å². The van der Waals surface area contributed by atoms with Gasteiger partial charge in [0.25, 0.3) is 0 Å². The first-order chi connectivity index (χ1) is 6.95. The van der Waals surface area contributed by atoms with Crippen LogP contribution in [0.15, 0.2) is 0 Å². The molecule has 0 spiro atoms. The van der Waals surface area contributed by atoms with E-state index in [-0.39, 0.29) is 11.8 Å². The third-order valence-corrected chi connectivity index (χ3v) is 3.98. The monoisotopic (exact) mass is 204 g/mol. The summed E-state index contributed by atoms with van der Waals surface area (Å²) >= 11 is 0. The lowest BCUT2D eigenvalue weighted by molar-refractivity contribution is -0.110. The second-order valence-corrected chi connectivity index (χ2v) is 4.89. The van der Waals surface area contributed by atoms with Gasteiger partial charge in [-0.2, -0.15) is 10.5 Å². The number of carbonyl (C=O) groups is 1. The van der Waals surface area contributed by atoms with Crippen molar-refractivity contribution in [2.45, 2.75) is 27.7 Å². The van der Waals surface area contributed by atoms with Gasteiger partial charge in [-0.1, -0.05) is 27.7 Å². The molecule has 3 nitrogen and oxygen atoms in total. The Morgan fingerprint density at radius 3 is 1.60 bits per heavy atom. The number of hydrogen-bond donors (Lipinski definition) is 0. The van der Waals surface area contributed by atoms with Crippen LogP contribution in [0.2, 0.25) is 0 Å². The van der Waals surface area contributed by atoms with E-state index in [1.54, 1.807) is 0 Å². The summed E-state index contributed by atoms with van der Waals surface area (Å²) in [6, 6.07) is 4.13. The highest BCUT2D eigenvalue weighted by Crippen LogP contribution is 2.74. The molecule has 1 aliphatic carbocycles. The van der Waals surface area contributed by atoms with Gasteiger partial charge in [-0.15, -0.1) is 0 Å². The van der Waals surface area contributed by atoms with Crippen molar-refractivity contribution in [3.8, 4) is 12.1 Å². The fraction of sp³-hybridized carbons (Fsp3) is 0.750. The summed E-state index contributed by atoms with van der Waals surface area (Å²) in [4.78, 5) is 11.0. The molecule has 0 bridgehead atoms. The summed E-state index contributed by atoms with van der Waals surface area (Å²) in [5.41, 5.74) is -1.56. The molecule has 1 saturated carbocycles. The number of nitrogens with zero attached hydrogens (tertiary/aromatic N) is 2. The van der Waals surface area contributed by atoms with Crippen LogP contribution >= 0.6 is 0 Å². The molecular weight excluding hydrogens is 188 g/mol. The fourth-order valence-electron chi connectivity index (χ4n) is 3.42. The van der Waals surface area contributed by atoms with Crippen molar-refractivity contribution < 1.29 is 4.79 Å². The molecule has 0 aromatic rings. The second kappa shape index (κ2) is 3.35. The Hall–Kier alpha value is -1.35. The smallest absolute Gasteiger partial charge is 0.160 e. The average Bonchev–Trinajstić information content (AvgIpc) is 2.81. The molecule has 0 heterocycles. The van der Waals surface area contributed by atoms with Crippen LogP contribution in [-0.4, -0.2) is 6.29 Å².